The van der Waals surface area contributed by atoms with E-state index in [9.17, 15) is 9.59 Å². The molecule has 1 aliphatic heterocycles. The molecular formula is C17H23N3O2. The number of hydrogen-bond acceptors (Lipinski definition) is 3. The Bertz CT molecular complexity index is 581. The summed E-state index contributed by atoms with van der Waals surface area (Å²) in [5, 5.41) is 9.21. The number of nitrogens with one attached hydrogen (secondary N) is 3. The summed E-state index contributed by atoms with van der Waals surface area (Å²) in [7, 11) is 0. The van der Waals surface area contributed by atoms with Crippen molar-refractivity contribution in [3.8, 4) is 0 Å². The predicted molar refractivity (Wildman–Crippen MR) is 85.6 cm³/mol. The lowest BCUT2D eigenvalue weighted by molar-refractivity contribution is -0.127. The first-order valence-electron chi connectivity index (χ1n) is 8.15. The minimum atomic E-state index is -1.05. The smallest absolute Gasteiger partial charge is 0.266 e. The summed E-state index contributed by atoms with van der Waals surface area (Å²) in [5.74, 6) is -0.334. The molecule has 0 aromatic heterocycles. The molecule has 1 atom stereocenters. The second-order valence-corrected chi connectivity index (χ2v) is 6.19. The number of para-hydroxylation sites is 1. The van der Waals surface area contributed by atoms with Gasteiger partial charge in [-0.05, 0) is 31.4 Å². The fourth-order valence-electron chi connectivity index (χ4n) is 3.32. The fraction of sp³-hybridized carbons (Fsp3) is 0.529. The summed E-state index contributed by atoms with van der Waals surface area (Å²) >= 11 is 0. The molecular weight excluding hydrogens is 278 g/mol. The van der Waals surface area contributed by atoms with Crippen LogP contribution in [0.1, 0.15) is 55.8 Å². The lowest BCUT2D eigenvalue weighted by atomic mass is 9.93. The Kier molecular flexibility index (Phi) is 4.05. The van der Waals surface area contributed by atoms with Gasteiger partial charge in [0.1, 0.15) is 0 Å². The molecule has 0 radical (unpaired) electrons. The maximum absolute atomic E-state index is 12.8. The van der Waals surface area contributed by atoms with Crippen molar-refractivity contribution < 1.29 is 9.59 Å². The van der Waals surface area contributed by atoms with Crippen molar-refractivity contribution in [1.29, 1.82) is 0 Å². The Morgan fingerprint density at radius 3 is 2.68 bits per heavy atom. The van der Waals surface area contributed by atoms with Gasteiger partial charge in [0.15, 0.2) is 5.66 Å². The number of anilines is 1. The monoisotopic (exact) mass is 301 g/mol. The van der Waals surface area contributed by atoms with Gasteiger partial charge in [0.2, 0.25) is 0 Å². The zero-order valence-electron chi connectivity index (χ0n) is 12.9. The van der Waals surface area contributed by atoms with Crippen molar-refractivity contribution in [2.24, 2.45) is 0 Å². The average Bonchev–Trinajstić information content (AvgIpc) is 2.55. The number of benzene rings is 1. The molecule has 2 aliphatic rings. The highest BCUT2D eigenvalue weighted by Gasteiger charge is 2.43. The van der Waals surface area contributed by atoms with Crippen LogP contribution in [0, 0.1) is 0 Å². The highest BCUT2D eigenvalue weighted by molar-refractivity contribution is 6.07. The molecule has 22 heavy (non-hydrogen) atoms. The molecule has 1 unspecified atom stereocenters. The maximum Gasteiger partial charge on any atom is 0.266 e. The van der Waals surface area contributed by atoms with E-state index in [2.05, 4.69) is 16.0 Å². The van der Waals surface area contributed by atoms with Crippen molar-refractivity contribution >= 4 is 17.5 Å². The first kappa shape index (κ1) is 14.9. The summed E-state index contributed by atoms with van der Waals surface area (Å²) < 4.78 is 0. The number of fused-ring (bicyclic) bond motifs is 1. The van der Waals surface area contributed by atoms with Crippen LogP contribution in [0.3, 0.4) is 0 Å². The summed E-state index contributed by atoms with van der Waals surface area (Å²) in [4.78, 5) is 25.1. The SMILES string of the molecule is CCC1(C(=O)NC2CCCCC2)NC(=O)c2ccccc2N1. The summed E-state index contributed by atoms with van der Waals surface area (Å²) in [6.07, 6.45) is 6.10. The maximum atomic E-state index is 12.8. The van der Waals surface area contributed by atoms with Gasteiger partial charge in [-0.15, -0.1) is 0 Å². The zero-order valence-corrected chi connectivity index (χ0v) is 12.9. The molecule has 1 fully saturated rings. The van der Waals surface area contributed by atoms with Gasteiger partial charge in [0.05, 0.1) is 5.56 Å². The molecule has 1 aromatic carbocycles. The number of amides is 2. The molecule has 5 nitrogen and oxygen atoms in total. The second-order valence-electron chi connectivity index (χ2n) is 6.19. The number of carbonyl (C=O) groups is 2. The molecule has 0 bridgehead atoms. The number of carbonyl (C=O) groups excluding carboxylic acids is 2. The van der Waals surface area contributed by atoms with Gasteiger partial charge in [-0.1, -0.05) is 38.3 Å². The molecule has 3 rings (SSSR count). The topological polar surface area (TPSA) is 70.2 Å². The van der Waals surface area contributed by atoms with Crippen molar-refractivity contribution in [2.45, 2.75) is 57.2 Å². The first-order valence-corrected chi connectivity index (χ1v) is 8.15. The largest absolute Gasteiger partial charge is 0.354 e. The molecule has 1 heterocycles. The number of rotatable bonds is 3. The molecule has 3 N–H and O–H groups in total. The first-order chi connectivity index (χ1) is 10.6. The van der Waals surface area contributed by atoms with Crippen LogP contribution in [0.4, 0.5) is 5.69 Å². The summed E-state index contributed by atoms with van der Waals surface area (Å²) in [5.41, 5.74) is 0.243. The van der Waals surface area contributed by atoms with Crippen LogP contribution in [0.2, 0.25) is 0 Å². The van der Waals surface area contributed by atoms with Crippen molar-refractivity contribution in [1.82, 2.24) is 10.6 Å². The molecule has 0 spiro atoms. The molecule has 5 heteroatoms. The van der Waals surface area contributed by atoms with Gasteiger partial charge in [-0.25, -0.2) is 0 Å². The highest BCUT2D eigenvalue weighted by atomic mass is 16.2. The van der Waals surface area contributed by atoms with Gasteiger partial charge >= 0.3 is 0 Å². The van der Waals surface area contributed by atoms with E-state index in [1.165, 1.54) is 6.42 Å². The lowest BCUT2D eigenvalue weighted by Crippen LogP contribution is -2.66. The minimum absolute atomic E-state index is 0.134. The van der Waals surface area contributed by atoms with Crippen LogP contribution in [0.15, 0.2) is 24.3 Å². The highest BCUT2D eigenvalue weighted by Crippen LogP contribution is 2.27. The van der Waals surface area contributed by atoms with Crippen LogP contribution in [-0.4, -0.2) is 23.5 Å². The van der Waals surface area contributed by atoms with Crippen LogP contribution >= 0.6 is 0 Å². The van der Waals surface area contributed by atoms with E-state index in [-0.39, 0.29) is 17.9 Å². The molecule has 1 aliphatic carbocycles. The predicted octanol–water partition coefficient (Wildman–Crippen LogP) is 2.40. The molecule has 118 valence electrons. The third-order valence-corrected chi connectivity index (χ3v) is 4.71. The second kappa shape index (κ2) is 5.99. The van der Waals surface area contributed by atoms with Gasteiger partial charge in [-0.3, -0.25) is 9.59 Å². The lowest BCUT2D eigenvalue weighted by Gasteiger charge is -2.39. The average molecular weight is 301 g/mol. The van der Waals surface area contributed by atoms with E-state index in [0.29, 0.717) is 17.7 Å². The van der Waals surface area contributed by atoms with Gasteiger partial charge in [-0.2, -0.15) is 0 Å². The van der Waals surface area contributed by atoms with Crippen LogP contribution in [0.5, 0.6) is 0 Å². The Balaban J connectivity index is 1.80. The Morgan fingerprint density at radius 1 is 1.23 bits per heavy atom. The van der Waals surface area contributed by atoms with Gasteiger partial charge in [0, 0.05) is 11.7 Å². The van der Waals surface area contributed by atoms with Gasteiger partial charge in [0.25, 0.3) is 11.8 Å². The van der Waals surface area contributed by atoms with E-state index < -0.39 is 5.66 Å². The quantitative estimate of drug-likeness (QED) is 0.803. The summed E-state index contributed by atoms with van der Waals surface area (Å²) in [6, 6.07) is 7.51. The fourth-order valence-corrected chi connectivity index (χ4v) is 3.32. The van der Waals surface area contributed by atoms with E-state index in [0.717, 1.165) is 25.7 Å². The van der Waals surface area contributed by atoms with E-state index in [1.54, 1.807) is 6.07 Å². The van der Waals surface area contributed by atoms with E-state index >= 15 is 0 Å². The Labute approximate surface area is 130 Å². The molecule has 0 saturated heterocycles. The Morgan fingerprint density at radius 2 is 1.95 bits per heavy atom. The number of hydrogen-bond donors (Lipinski definition) is 3. The Hall–Kier alpha value is -2.04. The van der Waals surface area contributed by atoms with Crippen molar-refractivity contribution in [2.75, 3.05) is 5.32 Å². The standard InChI is InChI=1S/C17H23N3O2/c1-2-17(16(22)18-12-8-4-3-5-9-12)19-14-11-7-6-10-13(14)15(21)20-17/h6-7,10-12,19H,2-5,8-9H2,1H3,(H,18,22)(H,20,21). The molecule has 2 amide bonds. The van der Waals surface area contributed by atoms with Crippen molar-refractivity contribution in [3.63, 3.8) is 0 Å². The third-order valence-electron chi connectivity index (χ3n) is 4.71. The van der Waals surface area contributed by atoms with Crippen LogP contribution in [-0.2, 0) is 4.79 Å². The van der Waals surface area contributed by atoms with E-state index in [4.69, 9.17) is 0 Å². The van der Waals surface area contributed by atoms with Gasteiger partial charge < -0.3 is 16.0 Å². The molecule has 1 saturated carbocycles. The third kappa shape index (κ3) is 2.67. The minimum Gasteiger partial charge on any atom is -0.354 e. The van der Waals surface area contributed by atoms with Crippen LogP contribution in [0.25, 0.3) is 0 Å². The molecule has 1 aromatic rings. The zero-order chi connectivity index (χ0) is 15.6. The summed E-state index contributed by atoms with van der Waals surface area (Å²) in [6.45, 7) is 1.90. The van der Waals surface area contributed by atoms with Crippen molar-refractivity contribution in [3.05, 3.63) is 29.8 Å². The van der Waals surface area contributed by atoms with Crippen LogP contribution < -0.4 is 16.0 Å². The van der Waals surface area contributed by atoms with E-state index in [1.807, 2.05) is 25.1 Å². The normalized spacial score (nSPS) is 24.9.